The van der Waals surface area contributed by atoms with Crippen LogP contribution >= 0.6 is 23.4 Å². The van der Waals surface area contributed by atoms with E-state index in [0.717, 1.165) is 11.0 Å². The van der Waals surface area contributed by atoms with Gasteiger partial charge in [0.05, 0.1) is 5.56 Å². The lowest BCUT2D eigenvalue weighted by Crippen LogP contribution is -2.10. The molecular weight excluding hydrogens is 449 g/mol. The van der Waals surface area contributed by atoms with Crippen molar-refractivity contribution < 1.29 is 27.8 Å². The lowest BCUT2D eigenvalue weighted by Gasteiger charge is -2.15. The monoisotopic (exact) mass is 466 g/mol. The number of alkyl halides is 3. The molecule has 3 nitrogen and oxygen atoms in total. The van der Waals surface area contributed by atoms with Gasteiger partial charge in [-0.15, -0.1) is 11.8 Å². The number of thioether (sulfide) groups is 1. The van der Waals surface area contributed by atoms with Gasteiger partial charge >= 0.3 is 12.1 Å². The number of aryl methyl sites for hydroxylation is 1. The second-order valence-electron chi connectivity index (χ2n) is 6.77. The van der Waals surface area contributed by atoms with Gasteiger partial charge in [0.2, 0.25) is 0 Å². The summed E-state index contributed by atoms with van der Waals surface area (Å²) in [4.78, 5) is 11.4. The second kappa shape index (κ2) is 9.66. The first-order valence-electron chi connectivity index (χ1n) is 9.17. The van der Waals surface area contributed by atoms with Crippen molar-refractivity contribution in [1.82, 2.24) is 0 Å². The zero-order valence-electron chi connectivity index (χ0n) is 16.4. The molecule has 0 aromatic heterocycles. The normalized spacial score (nSPS) is 11.4. The molecule has 3 rings (SSSR count). The van der Waals surface area contributed by atoms with Gasteiger partial charge in [0.25, 0.3) is 0 Å². The summed E-state index contributed by atoms with van der Waals surface area (Å²) in [5.41, 5.74) is 1.33. The molecule has 0 aliphatic carbocycles. The van der Waals surface area contributed by atoms with Crippen molar-refractivity contribution in [2.45, 2.75) is 23.7 Å². The summed E-state index contributed by atoms with van der Waals surface area (Å²) in [6, 6.07) is 16.1. The third-order valence-corrected chi connectivity index (χ3v) is 5.78. The quantitative estimate of drug-likeness (QED) is 0.377. The van der Waals surface area contributed by atoms with Crippen molar-refractivity contribution in [3.8, 4) is 16.9 Å². The highest BCUT2D eigenvalue weighted by atomic mass is 35.5. The van der Waals surface area contributed by atoms with Crippen molar-refractivity contribution >= 4 is 29.3 Å². The first-order valence-corrected chi connectivity index (χ1v) is 10.5. The zero-order chi connectivity index (χ0) is 22.6. The van der Waals surface area contributed by atoms with Gasteiger partial charge < -0.3 is 9.84 Å². The first kappa shape index (κ1) is 23.0. The summed E-state index contributed by atoms with van der Waals surface area (Å²) < 4.78 is 46.3. The van der Waals surface area contributed by atoms with Crippen LogP contribution in [0.4, 0.5) is 13.2 Å². The van der Waals surface area contributed by atoms with Crippen LogP contribution in [0.25, 0.3) is 11.1 Å². The fourth-order valence-electron chi connectivity index (χ4n) is 2.96. The number of halogens is 4. The van der Waals surface area contributed by atoms with E-state index in [2.05, 4.69) is 0 Å². The largest absolute Gasteiger partial charge is 0.482 e. The first-order chi connectivity index (χ1) is 14.6. The van der Waals surface area contributed by atoms with E-state index in [-0.39, 0.29) is 11.3 Å². The SMILES string of the molecule is Cc1cc(SCc2ccc(-c3ccc(Cl)cc3)cc2C(F)(F)F)ccc1OCC(=O)O. The number of hydrogen-bond donors (Lipinski definition) is 1. The average Bonchev–Trinajstić information content (AvgIpc) is 2.71. The van der Waals surface area contributed by atoms with Gasteiger partial charge in [-0.1, -0.05) is 35.9 Å². The highest BCUT2D eigenvalue weighted by molar-refractivity contribution is 7.98. The zero-order valence-corrected chi connectivity index (χ0v) is 17.9. The van der Waals surface area contributed by atoms with Gasteiger partial charge in [-0.3, -0.25) is 0 Å². The van der Waals surface area contributed by atoms with Crippen LogP contribution in [-0.2, 0) is 16.7 Å². The molecule has 162 valence electrons. The Hall–Kier alpha value is -2.64. The number of aliphatic carboxylic acids is 1. The Balaban J connectivity index is 1.80. The lowest BCUT2D eigenvalue weighted by atomic mass is 9.99. The highest BCUT2D eigenvalue weighted by Crippen LogP contribution is 2.38. The molecule has 0 saturated carbocycles. The van der Waals surface area contributed by atoms with Crippen LogP contribution < -0.4 is 4.74 Å². The number of carbonyl (C=O) groups is 1. The van der Waals surface area contributed by atoms with Crippen molar-refractivity contribution in [2.24, 2.45) is 0 Å². The Morgan fingerprint density at radius 1 is 1.03 bits per heavy atom. The van der Waals surface area contributed by atoms with Crippen molar-refractivity contribution in [3.63, 3.8) is 0 Å². The predicted octanol–water partition coefficient (Wildman–Crippen LogP) is 7.09. The van der Waals surface area contributed by atoms with Crippen LogP contribution in [0.15, 0.2) is 65.6 Å². The number of carboxylic acid groups (broad SMARTS) is 1. The van der Waals surface area contributed by atoms with E-state index >= 15 is 0 Å². The summed E-state index contributed by atoms with van der Waals surface area (Å²) >= 11 is 7.13. The van der Waals surface area contributed by atoms with Crippen molar-refractivity contribution in [3.05, 3.63) is 82.4 Å². The number of rotatable bonds is 7. The third kappa shape index (κ3) is 6.18. The van der Waals surface area contributed by atoms with E-state index in [1.54, 1.807) is 55.5 Å². The number of benzene rings is 3. The molecule has 31 heavy (non-hydrogen) atoms. The molecule has 0 atom stereocenters. The maximum Gasteiger partial charge on any atom is 0.416 e. The van der Waals surface area contributed by atoms with Crippen LogP contribution in [-0.4, -0.2) is 17.7 Å². The fourth-order valence-corrected chi connectivity index (χ4v) is 4.09. The molecule has 8 heteroatoms. The summed E-state index contributed by atoms with van der Waals surface area (Å²) in [6.45, 7) is 1.30. The van der Waals surface area contributed by atoms with Gasteiger partial charge in [-0.2, -0.15) is 13.2 Å². The van der Waals surface area contributed by atoms with E-state index in [4.69, 9.17) is 21.4 Å². The Kier molecular flexibility index (Phi) is 7.18. The second-order valence-corrected chi connectivity index (χ2v) is 8.26. The van der Waals surface area contributed by atoms with Crippen LogP contribution in [0.5, 0.6) is 5.75 Å². The average molecular weight is 467 g/mol. The molecule has 0 unspecified atom stereocenters. The Morgan fingerprint density at radius 2 is 1.71 bits per heavy atom. The standard InChI is InChI=1S/C23H18ClF3O3S/c1-14-10-19(8-9-21(14)30-12-22(28)29)31-13-17-3-2-16(11-20(17)23(25,26)27)15-4-6-18(24)7-5-15/h2-11H,12-13H2,1H3,(H,28,29). The molecule has 0 amide bonds. The highest BCUT2D eigenvalue weighted by Gasteiger charge is 2.33. The smallest absolute Gasteiger partial charge is 0.416 e. The topological polar surface area (TPSA) is 46.5 Å². The minimum absolute atomic E-state index is 0.129. The molecule has 3 aromatic carbocycles. The van der Waals surface area contributed by atoms with Gasteiger partial charge in [0, 0.05) is 15.7 Å². The van der Waals surface area contributed by atoms with E-state index in [0.29, 0.717) is 27.5 Å². The maximum atomic E-state index is 13.7. The molecule has 0 spiro atoms. The molecular formula is C23H18ClF3O3S. The van der Waals surface area contributed by atoms with Gasteiger partial charge in [0.1, 0.15) is 5.75 Å². The molecule has 3 aromatic rings. The van der Waals surface area contributed by atoms with E-state index < -0.39 is 24.3 Å². The van der Waals surface area contributed by atoms with Gasteiger partial charge in [-0.05, 0) is 65.6 Å². The van der Waals surface area contributed by atoms with Crippen molar-refractivity contribution in [1.29, 1.82) is 0 Å². The van der Waals surface area contributed by atoms with Crippen LogP contribution in [0.2, 0.25) is 5.02 Å². The number of hydrogen-bond acceptors (Lipinski definition) is 3. The Morgan fingerprint density at radius 3 is 2.32 bits per heavy atom. The molecule has 0 aliphatic rings. The molecule has 0 bridgehead atoms. The lowest BCUT2D eigenvalue weighted by molar-refractivity contribution is -0.139. The minimum Gasteiger partial charge on any atom is -0.482 e. The summed E-state index contributed by atoms with van der Waals surface area (Å²) in [7, 11) is 0. The third-order valence-electron chi connectivity index (χ3n) is 4.48. The maximum absolute atomic E-state index is 13.7. The Bertz CT molecular complexity index is 1080. The Labute approximate surface area is 186 Å². The van der Waals surface area contributed by atoms with Crippen LogP contribution in [0, 0.1) is 6.92 Å². The summed E-state index contributed by atoms with van der Waals surface area (Å²) in [5, 5.41) is 9.22. The van der Waals surface area contributed by atoms with E-state index in [1.807, 2.05) is 0 Å². The van der Waals surface area contributed by atoms with E-state index in [9.17, 15) is 18.0 Å². The van der Waals surface area contributed by atoms with Gasteiger partial charge in [0.15, 0.2) is 6.61 Å². The van der Waals surface area contributed by atoms with Crippen LogP contribution in [0.3, 0.4) is 0 Å². The molecule has 0 fully saturated rings. The summed E-state index contributed by atoms with van der Waals surface area (Å²) in [6.07, 6.45) is -4.48. The molecule has 0 saturated heterocycles. The molecule has 0 radical (unpaired) electrons. The number of ether oxygens (including phenoxy) is 1. The summed E-state index contributed by atoms with van der Waals surface area (Å²) in [5.74, 6) is -0.528. The molecule has 0 heterocycles. The predicted molar refractivity (Wildman–Crippen MR) is 116 cm³/mol. The van der Waals surface area contributed by atoms with Crippen LogP contribution in [0.1, 0.15) is 16.7 Å². The molecule has 1 N–H and O–H groups in total. The number of carboxylic acids is 1. The molecule has 0 aliphatic heterocycles. The fraction of sp³-hybridized carbons (Fsp3) is 0.174. The minimum atomic E-state index is -4.48. The van der Waals surface area contributed by atoms with Crippen molar-refractivity contribution in [2.75, 3.05) is 6.61 Å². The van der Waals surface area contributed by atoms with Gasteiger partial charge in [-0.25, -0.2) is 4.79 Å². The van der Waals surface area contributed by atoms with E-state index in [1.165, 1.54) is 17.8 Å².